The van der Waals surface area contributed by atoms with E-state index >= 15 is 0 Å². The summed E-state index contributed by atoms with van der Waals surface area (Å²) in [6, 6.07) is 16.7. The maximum atomic E-state index is 12.7. The number of hydrogen-bond donors (Lipinski definition) is 0. The molecule has 1 aliphatic rings. The minimum absolute atomic E-state index is 0.0342. The van der Waals surface area contributed by atoms with Crippen LogP contribution in [-0.4, -0.2) is 23.5 Å². The van der Waals surface area contributed by atoms with Gasteiger partial charge >= 0.3 is 6.09 Å². The molecule has 1 aliphatic heterocycles. The first-order chi connectivity index (χ1) is 11.8. The minimum Gasteiger partial charge on any atom is -0.443 e. The number of nitrogens with zero attached hydrogens (tertiary/aromatic N) is 1. The number of para-hydroxylation sites is 1. The molecule has 0 radical (unpaired) electrons. The van der Waals surface area contributed by atoms with Crippen molar-refractivity contribution in [2.75, 3.05) is 4.90 Å². The number of ketones is 1. The van der Waals surface area contributed by atoms with Crippen LogP contribution >= 0.6 is 0 Å². The second kappa shape index (κ2) is 6.71. The molecule has 4 nitrogen and oxygen atoms in total. The quantitative estimate of drug-likeness (QED) is 0.767. The van der Waals surface area contributed by atoms with E-state index < -0.39 is 11.7 Å². The lowest BCUT2D eigenvalue weighted by atomic mass is 10.0. The highest BCUT2D eigenvalue weighted by Crippen LogP contribution is 2.35. The molecule has 2 aromatic rings. The molecule has 1 atom stereocenters. The lowest BCUT2D eigenvalue weighted by molar-refractivity contribution is 0.0568. The number of fused-ring (bicyclic) bond motifs is 1. The fraction of sp³-hybridized carbons (Fsp3) is 0.333. The highest BCUT2D eigenvalue weighted by molar-refractivity contribution is 5.99. The predicted molar refractivity (Wildman–Crippen MR) is 98.0 cm³/mol. The Balaban J connectivity index is 1.85. The summed E-state index contributed by atoms with van der Waals surface area (Å²) in [5, 5.41) is 0. The van der Waals surface area contributed by atoms with E-state index in [4.69, 9.17) is 4.74 Å². The number of ether oxygens (including phenoxy) is 1. The van der Waals surface area contributed by atoms with Crippen molar-refractivity contribution >= 4 is 17.6 Å². The zero-order valence-electron chi connectivity index (χ0n) is 14.9. The van der Waals surface area contributed by atoms with Crippen LogP contribution in [0.15, 0.2) is 54.6 Å². The fourth-order valence-electron chi connectivity index (χ4n) is 3.14. The minimum atomic E-state index is -0.581. The number of amides is 1. The van der Waals surface area contributed by atoms with Crippen LogP contribution in [-0.2, 0) is 11.2 Å². The number of carbonyl (C=O) groups excluding carboxylic acids is 2. The molecule has 0 saturated heterocycles. The Morgan fingerprint density at radius 3 is 2.36 bits per heavy atom. The van der Waals surface area contributed by atoms with Gasteiger partial charge in [0.1, 0.15) is 5.60 Å². The van der Waals surface area contributed by atoms with Gasteiger partial charge in [0.25, 0.3) is 0 Å². The molecule has 4 heteroatoms. The first kappa shape index (κ1) is 17.2. The summed E-state index contributed by atoms with van der Waals surface area (Å²) in [7, 11) is 0. The van der Waals surface area contributed by atoms with Crippen molar-refractivity contribution in [3.05, 3.63) is 65.7 Å². The molecule has 0 saturated carbocycles. The average molecular weight is 337 g/mol. The topological polar surface area (TPSA) is 46.6 Å². The lowest BCUT2D eigenvalue weighted by Crippen LogP contribution is -2.42. The van der Waals surface area contributed by atoms with Crippen LogP contribution in [0.25, 0.3) is 0 Å². The molecule has 0 N–H and O–H groups in total. The summed E-state index contributed by atoms with van der Waals surface area (Å²) in [5.41, 5.74) is 1.99. The van der Waals surface area contributed by atoms with Crippen LogP contribution < -0.4 is 4.90 Å². The second-order valence-electron chi connectivity index (χ2n) is 7.33. The molecule has 25 heavy (non-hydrogen) atoms. The SMILES string of the molecule is CC(C)(C)OC(=O)N1c2ccccc2C[C@H]1CC(=O)c1ccccc1. The van der Waals surface area contributed by atoms with E-state index in [0.717, 1.165) is 11.3 Å². The largest absolute Gasteiger partial charge is 0.443 e. The van der Waals surface area contributed by atoms with Crippen molar-refractivity contribution in [3.63, 3.8) is 0 Å². The maximum absolute atomic E-state index is 12.7. The van der Waals surface area contributed by atoms with Gasteiger partial charge in [0.05, 0.1) is 11.7 Å². The summed E-state index contributed by atoms with van der Waals surface area (Å²) in [4.78, 5) is 27.0. The summed E-state index contributed by atoms with van der Waals surface area (Å²) >= 11 is 0. The number of anilines is 1. The van der Waals surface area contributed by atoms with Crippen molar-refractivity contribution in [1.82, 2.24) is 0 Å². The Morgan fingerprint density at radius 1 is 1.04 bits per heavy atom. The molecule has 0 bridgehead atoms. The van der Waals surface area contributed by atoms with Crippen molar-refractivity contribution < 1.29 is 14.3 Å². The summed E-state index contributed by atoms with van der Waals surface area (Å²) in [6.07, 6.45) is 0.537. The van der Waals surface area contributed by atoms with Crippen LogP contribution in [0, 0.1) is 0 Å². The van der Waals surface area contributed by atoms with Crippen molar-refractivity contribution in [3.8, 4) is 0 Å². The molecular weight excluding hydrogens is 314 g/mol. The van der Waals surface area contributed by atoms with Gasteiger partial charge in [-0.25, -0.2) is 4.79 Å². The Morgan fingerprint density at radius 2 is 1.68 bits per heavy atom. The van der Waals surface area contributed by atoms with E-state index in [1.54, 1.807) is 4.90 Å². The van der Waals surface area contributed by atoms with Gasteiger partial charge in [-0.3, -0.25) is 9.69 Å². The lowest BCUT2D eigenvalue weighted by Gasteiger charge is -2.29. The van der Waals surface area contributed by atoms with Crippen molar-refractivity contribution in [1.29, 1.82) is 0 Å². The predicted octanol–water partition coefficient (Wildman–Crippen LogP) is 4.63. The molecule has 2 aromatic carbocycles. The van der Waals surface area contributed by atoms with Gasteiger partial charge in [0.15, 0.2) is 5.78 Å². The normalized spacial score (nSPS) is 16.4. The monoisotopic (exact) mass is 337 g/mol. The summed E-state index contributed by atoms with van der Waals surface area (Å²) < 4.78 is 5.57. The van der Waals surface area contributed by atoms with Crippen LogP contribution in [0.4, 0.5) is 10.5 Å². The molecule has 0 unspecified atom stereocenters. The van der Waals surface area contributed by atoms with Gasteiger partial charge in [-0.05, 0) is 38.8 Å². The smallest absolute Gasteiger partial charge is 0.415 e. The first-order valence-electron chi connectivity index (χ1n) is 8.53. The van der Waals surface area contributed by atoms with E-state index in [0.29, 0.717) is 12.0 Å². The van der Waals surface area contributed by atoms with E-state index in [-0.39, 0.29) is 18.2 Å². The second-order valence-corrected chi connectivity index (χ2v) is 7.33. The number of Topliss-reactive ketones (excluding diaryl/α,β-unsaturated/α-hetero) is 1. The van der Waals surface area contributed by atoms with Gasteiger partial charge in [0.2, 0.25) is 0 Å². The molecule has 0 aromatic heterocycles. The molecule has 130 valence electrons. The van der Waals surface area contributed by atoms with E-state index in [9.17, 15) is 9.59 Å². The molecule has 3 rings (SSSR count). The number of carbonyl (C=O) groups is 2. The van der Waals surface area contributed by atoms with E-state index in [1.165, 1.54) is 0 Å². The van der Waals surface area contributed by atoms with Gasteiger partial charge in [-0.15, -0.1) is 0 Å². The first-order valence-corrected chi connectivity index (χ1v) is 8.53. The molecule has 1 heterocycles. The fourth-order valence-corrected chi connectivity index (χ4v) is 3.14. The zero-order valence-corrected chi connectivity index (χ0v) is 14.9. The van der Waals surface area contributed by atoms with Crippen molar-refractivity contribution in [2.24, 2.45) is 0 Å². The highest BCUT2D eigenvalue weighted by Gasteiger charge is 2.37. The zero-order chi connectivity index (χ0) is 18.0. The Labute approximate surface area is 148 Å². The molecule has 0 spiro atoms. The van der Waals surface area contributed by atoms with Crippen LogP contribution in [0.5, 0.6) is 0 Å². The highest BCUT2D eigenvalue weighted by atomic mass is 16.6. The average Bonchev–Trinajstić information content (AvgIpc) is 2.92. The van der Waals surface area contributed by atoms with Gasteiger partial charge in [-0.2, -0.15) is 0 Å². The van der Waals surface area contributed by atoms with Crippen molar-refractivity contribution in [2.45, 2.75) is 45.3 Å². The number of hydrogen-bond acceptors (Lipinski definition) is 3. The van der Waals surface area contributed by atoms with Crippen LogP contribution in [0.2, 0.25) is 0 Å². The molecule has 1 amide bonds. The third kappa shape index (κ3) is 3.90. The Hall–Kier alpha value is -2.62. The molecular formula is C21H23NO3. The third-order valence-electron chi connectivity index (χ3n) is 4.18. The van der Waals surface area contributed by atoms with Crippen LogP contribution in [0.1, 0.15) is 43.1 Å². The Bertz CT molecular complexity index is 777. The summed E-state index contributed by atoms with van der Waals surface area (Å²) in [5.74, 6) is 0.0342. The number of rotatable bonds is 3. The van der Waals surface area contributed by atoms with Crippen LogP contribution in [0.3, 0.4) is 0 Å². The molecule has 0 aliphatic carbocycles. The maximum Gasteiger partial charge on any atom is 0.415 e. The summed E-state index contributed by atoms with van der Waals surface area (Å²) in [6.45, 7) is 5.53. The Kier molecular flexibility index (Phi) is 4.62. The van der Waals surface area contributed by atoms with Gasteiger partial charge in [0, 0.05) is 12.0 Å². The van der Waals surface area contributed by atoms with Gasteiger partial charge in [-0.1, -0.05) is 48.5 Å². The van der Waals surface area contributed by atoms with E-state index in [1.807, 2.05) is 75.4 Å². The third-order valence-corrected chi connectivity index (χ3v) is 4.18. The molecule has 0 fully saturated rings. The standard InChI is InChI=1S/C21H23NO3/c1-21(2,3)25-20(24)22-17(13-16-11-7-8-12-18(16)22)14-19(23)15-9-5-4-6-10-15/h4-12,17H,13-14H2,1-3H3/t17-/m0/s1. The number of benzene rings is 2. The van der Waals surface area contributed by atoms with Gasteiger partial charge < -0.3 is 4.74 Å². The van der Waals surface area contributed by atoms with E-state index in [2.05, 4.69) is 0 Å².